The minimum absolute atomic E-state index is 0.188. The van der Waals surface area contributed by atoms with Gasteiger partial charge in [0.05, 0.1) is 9.35 Å². The topological polar surface area (TPSA) is 57.6 Å². The fourth-order valence-electron chi connectivity index (χ4n) is 1.85. The first-order chi connectivity index (χ1) is 7.59. The molecule has 1 fully saturated rings. The van der Waals surface area contributed by atoms with Crippen molar-refractivity contribution in [3.8, 4) is 0 Å². The van der Waals surface area contributed by atoms with E-state index in [1.807, 2.05) is 0 Å². The molecule has 86 valence electrons. The van der Waals surface area contributed by atoms with Crippen LogP contribution in [0, 0.1) is 0 Å². The van der Waals surface area contributed by atoms with Gasteiger partial charge in [0, 0.05) is 11.9 Å². The molecule has 1 aliphatic rings. The summed E-state index contributed by atoms with van der Waals surface area (Å²) in [4.78, 5) is 24.4. The number of nitrogens with zero attached hydrogens (tertiary/aromatic N) is 1. The third-order valence-electron chi connectivity index (χ3n) is 2.61. The van der Waals surface area contributed by atoms with Crippen LogP contribution in [-0.4, -0.2) is 34.5 Å². The molecule has 0 unspecified atom stereocenters. The molecule has 0 saturated carbocycles. The van der Waals surface area contributed by atoms with Gasteiger partial charge in [0.15, 0.2) is 0 Å². The summed E-state index contributed by atoms with van der Waals surface area (Å²) in [6.45, 7) is 0.531. The van der Waals surface area contributed by atoms with Crippen LogP contribution >= 0.6 is 27.3 Å². The van der Waals surface area contributed by atoms with Crippen LogP contribution in [0.15, 0.2) is 15.2 Å². The molecule has 1 aromatic heterocycles. The Balaban J connectivity index is 2.18. The Morgan fingerprint density at radius 3 is 2.88 bits per heavy atom. The molecule has 0 spiro atoms. The van der Waals surface area contributed by atoms with Crippen molar-refractivity contribution in [1.82, 2.24) is 4.90 Å². The van der Waals surface area contributed by atoms with Gasteiger partial charge >= 0.3 is 5.97 Å². The summed E-state index contributed by atoms with van der Waals surface area (Å²) in [7, 11) is 0. The van der Waals surface area contributed by atoms with Crippen LogP contribution in [-0.2, 0) is 4.79 Å². The number of carbonyl (C=O) groups excluding carboxylic acids is 1. The van der Waals surface area contributed by atoms with Gasteiger partial charge in [-0.2, -0.15) is 0 Å². The lowest BCUT2D eigenvalue weighted by molar-refractivity contribution is -0.141. The van der Waals surface area contributed by atoms with E-state index in [9.17, 15) is 9.59 Å². The summed E-state index contributed by atoms with van der Waals surface area (Å²) in [6, 6.07) is 1.07. The monoisotopic (exact) mass is 303 g/mol. The van der Waals surface area contributed by atoms with Crippen LogP contribution in [0.25, 0.3) is 0 Å². The van der Waals surface area contributed by atoms with Crippen LogP contribution in [0.5, 0.6) is 0 Å². The second kappa shape index (κ2) is 4.55. The van der Waals surface area contributed by atoms with E-state index in [1.165, 1.54) is 16.2 Å². The summed E-state index contributed by atoms with van der Waals surface area (Å²) in [5.74, 6) is -1.10. The molecule has 0 aromatic carbocycles. The van der Waals surface area contributed by atoms with Crippen LogP contribution in [0.2, 0.25) is 0 Å². The molecule has 2 heterocycles. The van der Waals surface area contributed by atoms with Crippen LogP contribution < -0.4 is 0 Å². The molecule has 4 nitrogen and oxygen atoms in total. The first-order valence-electron chi connectivity index (χ1n) is 4.87. The Bertz CT molecular complexity index is 431. The minimum Gasteiger partial charge on any atom is -0.480 e. The smallest absolute Gasteiger partial charge is 0.326 e. The van der Waals surface area contributed by atoms with Crippen molar-refractivity contribution in [1.29, 1.82) is 0 Å². The van der Waals surface area contributed by atoms with Crippen molar-refractivity contribution in [3.05, 3.63) is 20.8 Å². The fraction of sp³-hybridized carbons (Fsp3) is 0.400. The third-order valence-corrected chi connectivity index (χ3v) is 4.12. The molecular weight excluding hydrogens is 294 g/mol. The fourth-order valence-corrected chi connectivity index (χ4v) is 2.98. The maximum absolute atomic E-state index is 12.0. The van der Waals surface area contributed by atoms with Gasteiger partial charge in [-0.3, -0.25) is 4.79 Å². The van der Waals surface area contributed by atoms with Crippen molar-refractivity contribution in [2.45, 2.75) is 18.9 Å². The molecular formula is C10H10BrNO3S. The summed E-state index contributed by atoms with van der Waals surface area (Å²) in [5.41, 5.74) is 0.560. The maximum atomic E-state index is 12.0. The van der Waals surface area contributed by atoms with E-state index in [4.69, 9.17) is 5.11 Å². The van der Waals surface area contributed by atoms with Crippen molar-refractivity contribution >= 4 is 39.1 Å². The van der Waals surface area contributed by atoms with E-state index < -0.39 is 12.0 Å². The van der Waals surface area contributed by atoms with Gasteiger partial charge in [0.1, 0.15) is 6.04 Å². The van der Waals surface area contributed by atoms with Gasteiger partial charge in [-0.1, -0.05) is 0 Å². The number of carboxylic acid groups (broad SMARTS) is 1. The van der Waals surface area contributed by atoms with Crippen LogP contribution in [0.3, 0.4) is 0 Å². The van der Waals surface area contributed by atoms with Crippen molar-refractivity contribution < 1.29 is 14.7 Å². The van der Waals surface area contributed by atoms with Gasteiger partial charge in [0.2, 0.25) is 0 Å². The average molecular weight is 304 g/mol. The second-order valence-electron chi connectivity index (χ2n) is 3.63. The highest BCUT2D eigenvalue weighted by atomic mass is 79.9. The number of amides is 1. The number of thiophene rings is 1. The lowest BCUT2D eigenvalue weighted by Crippen LogP contribution is -2.40. The zero-order chi connectivity index (χ0) is 11.7. The number of carboxylic acids is 1. The molecule has 1 aromatic rings. The number of hydrogen-bond donors (Lipinski definition) is 1. The zero-order valence-corrected chi connectivity index (χ0v) is 10.8. The Labute approximate surface area is 105 Å². The predicted octanol–water partition coefficient (Wildman–Crippen LogP) is 2.20. The van der Waals surface area contributed by atoms with Crippen molar-refractivity contribution in [3.63, 3.8) is 0 Å². The highest BCUT2D eigenvalue weighted by molar-refractivity contribution is 9.11. The van der Waals surface area contributed by atoms with E-state index in [2.05, 4.69) is 15.9 Å². The van der Waals surface area contributed by atoms with Crippen LogP contribution in [0.4, 0.5) is 0 Å². The summed E-state index contributed by atoms with van der Waals surface area (Å²) < 4.78 is 0.877. The molecule has 1 saturated heterocycles. The predicted molar refractivity (Wildman–Crippen MR) is 63.7 cm³/mol. The van der Waals surface area contributed by atoms with Gasteiger partial charge in [0.25, 0.3) is 5.91 Å². The Morgan fingerprint density at radius 1 is 1.56 bits per heavy atom. The van der Waals surface area contributed by atoms with Crippen molar-refractivity contribution in [2.24, 2.45) is 0 Å². The molecule has 6 heteroatoms. The molecule has 1 aliphatic heterocycles. The largest absolute Gasteiger partial charge is 0.480 e. The van der Waals surface area contributed by atoms with Gasteiger partial charge in [-0.05, 0) is 34.8 Å². The zero-order valence-electron chi connectivity index (χ0n) is 8.35. The molecule has 1 N–H and O–H groups in total. The first-order valence-corrected chi connectivity index (χ1v) is 6.54. The molecule has 16 heavy (non-hydrogen) atoms. The highest BCUT2D eigenvalue weighted by Crippen LogP contribution is 2.25. The van der Waals surface area contributed by atoms with E-state index in [-0.39, 0.29) is 5.91 Å². The number of rotatable bonds is 2. The number of aliphatic carboxylic acids is 1. The summed E-state index contributed by atoms with van der Waals surface area (Å²) in [5, 5.41) is 10.7. The lowest BCUT2D eigenvalue weighted by Gasteiger charge is -2.20. The molecule has 0 radical (unpaired) electrons. The van der Waals surface area contributed by atoms with Crippen LogP contribution in [0.1, 0.15) is 23.2 Å². The van der Waals surface area contributed by atoms with E-state index in [0.717, 1.165) is 10.2 Å². The van der Waals surface area contributed by atoms with Gasteiger partial charge in [-0.15, -0.1) is 11.3 Å². The van der Waals surface area contributed by atoms with Gasteiger partial charge < -0.3 is 10.0 Å². The number of hydrogen-bond acceptors (Lipinski definition) is 3. The summed E-state index contributed by atoms with van der Waals surface area (Å²) in [6.07, 6.45) is 1.31. The normalized spacial score (nSPS) is 20.1. The Morgan fingerprint density at radius 2 is 2.31 bits per heavy atom. The standard InChI is InChI=1S/C10H10BrNO3S/c11-8-4-6(5-16-8)9(13)12-3-1-2-7(12)10(14)15/h4-5,7H,1-3H2,(H,14,15)/t7-/m0/s1. The van der Waals surface area contributed by atoms with E-state index >= 15 is 0 Å². The lowest BCUT2D eigenvalue weighted by atomic mass is 10.2. The number of carbonyl (C=O) groups is 2. The number of likely N-dealkylation sites (tertiary alicyclic amines) is 1. The average Bonchev–Trinajstić information content (AvgIpc) is 2.84. The van der Waals surface area contributed by atoms with Crippen molar-refractivity contribution in [2.75, 3.05) is 6.54 Å². The molecule has 0 bridgehead atoms. The maximum Gasteiger partial charge on any atom is 0.326 e. The number of halogens is 1. The third kappa shape index (κ3) is 2.12. The van der Waals surface area contributed by atoms with Gasteiger partial charge in [-0.25, -0.2) is 4.79 Å². The Hall–Kier alpha value is -0.880. The Kier molecular flexibility index (Phi) is 3.30. The van der Waals surface area contributed by atoms with E-state index in [1.54, 1.807) is 11.4 Å². The quantitative estimate of drug-likeness (QED) is 0.911. The molecule has 1 amide bonds. The molecule has 1 atom stereocenters. The highest BCUT2D eigenvalue weighted by Gasteiger charge is 2.34. The SMILES string of the molecule is O=C(O)[C@@H]1CCCN1C(=O)c1csc(Br)c1. The van der Waals surface area contributed by atoms with E-state index in [0.29, 0.717) is 18.5 Å². The molecule has 0 aliphatic carbocycles. The molecule has 2 rings (SSSR count). The summed E-state index contributed by atoms with van der Waals surface area (Å²) >= 11 is 4.71. The second-order valence-corrected chi connectivity index (χ2v) is 5.92. The first kappa shape index (κ1) is 11.6. The minimum atomic E-state index is -0.917.